The fraction of sp³-hybridized carbons (Fsp3) is 0.400. The summed E-state index contributed by atoms with van der Waals surface area (Å²) < 4.78 is 4.67. The highest BCUT2D eigenvalue weighted by Gasteiger charge is 2.32. The maximum atomic E-state index is 11.8. The van der Waals surface area contributed by atoms with E-state index < -0.39 is 17.6 Å². The van der Waals surface area contributed by atoms with Crippen LogP contribution in [-0.4, -0.2) is 42.4 Å². The van der Waals surface area contributed by atoms with Gasteiger partial charge in [0, 0.05) is 7.05 Å². The topological polar surface area (TPSA) is 68.2 Å². The number of hydrogen-bond donors (Lipinski definition) is 0. The first-order chi connectivity index (χ1) is 9.80. The Kier molecular flexibility index (Phi) is 5.46. The molecule has 0 aliphatic heterocycles. The summed E-state index contributed by atoms with van der Waals surface area (Å²) in [4.78, 5) is 29.7. The van der Waals surface area contributed by atoms with Gasteiger partial charge in [-0.2, -0.15) is 0 Å². The van der Waals surface area contributed by atoms with E-state index >= 15 is 0 Å². The average molecular weight is 292 g/mol. The van der Waals surface area contributed by atoms with Crippen LogP contribution in [0.5, 0.6) is 0 Å². The second-order valence-corrected chi connectivity index (χ2v) is 5.01. The summed E-state index contributed by atoms with van der Waals surface area (Å²) in [6.45, 7) is 5.23. The molecule has 0 N–H and O–H groups in total. The van der Waals surface area contributed by atoms with Crippen LogP contribution in [0.15, 0.2) is 35.5 Å². The molecule has 0 radical (unpaired) electrons. The lowest BCUT2D eigenvalue weighted by Crippen LogP contribution is -2.50. The number of oxime groups is 1. The van der Waals surface area contributed by atoms with Crippen LogP contribution in [0.2, 0.25) is 0 Å². The minimum absolute atomic E-state index is 0.410. The molecule has 0 spiro atoms. The number of ether oxygens (including phenoxy) is 1. The summed E-state index contributed by atoms with van der Waals surface area (Å²) >= 11 is 0. The van der Waals surface area contributed by atoms with Crippen molar-refractivity contribution in [3.05, 3.63) is 35.9 Å². The molecule has 1 aromatic rings. The third-order valence-corrected chi connectivity index (χ3v) is 3.45. The lowest BCUT2D eigenvalue weighted by atomic mass is 9.98. The highest BCUT2D eigenvalue weighted by atomic mass is 16.7. The fourth-order valence-corrected chi connectivity index (χ4v) is 1.46. The molecule has 0 saturated heterocycles. The second kappa shape index (κ2) is 6.88. The Morgan fingerprint density at radius 1 is 1.19 bits per heavy atom. The van der Waals surface area contributed by atoms with Crippen molar-refractivity contribution in [1.29, 1.82) is 0 Å². The molecule has 6 nitrogen and oxygen atoms in total. The van der Waals surface area contributed by atoms with Crippen molar-refractivity contribution in [2.75, 3.05) is 14.2 Å². The Morgan fingerprint density at radius 2 is 1.76 bits per heavy atom. The second-order valence-electron chi connectivity index (χ2n) is 5.01. The van der Waals surface area contributed by atoms with Crippen LogP contribution in [0.25, 0.3) is 0 Å². The molecule has 1 amide bonds. The Hall–Kier alpha value is -2.37. The molecule has 0 aliphatic carbocycles. The van der Waals surface area contributed by atoms with Crippen molar-refractivity contribution in [3.8, 4) is 0 Å². The molecule has 0 unspecified atom stereocenters. The van der Waals surface area contributed by atoms with E-state index in [1.807, 2.05) is 0 Å². The SMILES string of the molecule is COC(=O)N(C)C(C)(C)/C(C)=N/OC(=O)c1ccccc1. The standard InChI is InChI=1S/C15H20N2O4/c1-11(15(2,3)17(4)14(19)20-5)16-21-13(18)12-9-7-6-8-10-12/h6-10H,1-5H3/b16-11+. The third kappa shape index (κ3) is 4.05. The third-order valence-electron chi connectivity index (χ3n) is 3.45. The Balaban J connectivity index is 2.80. The van der Waals surface area contributed by atoms with E-state index in [1.165, 1.54) is 12.0 Å². The van der Waals surface area contributed by atoms with E-state index in [0.717, 1.165) is 0 Å². The molecular weight excluding hydrogens is 272 g/mol. The summed E-state index contributed by atoms with van der Waals surface area (Å²) in [6.07, 6.45) is -0.496. The lowest BCUT2D eigenvalue weighted by molar-refractivity contribution is 0.0508. The Morgan fingerprint density at radius 3 is 2.29 bits per heavy atom. The van der Waals surface area contributed by atoms with E-state index in [9.17, 15) is 9.59 Å². The first-order valence-corrected chi connectivity index (χ1v) is 6.44. The molecule has 21 heavy (non-hydrogen) atoms. The summed E-state index contributed by atoms with van der Waals surface area (Å²) in [6, 6.07) is 8.56. The Labute approximate surface area is 124 Å². The largest absolute Gasteiger partial charge is 0.453 e. The molecule has 1 rings (SSSR count). The van der Waals surface area contributed by atoms with Crippen LogP contribution >= 0.6 is 0 Å². The zero-order valence-electron chi connectivity index (χ0n) is 12.9. The van der Waals surface area contributed by atoms with Crippen molar-refractivity contribution in [2.24, 2.45) is 5.16 Å². The van der Waals surface area contributed by atoms with Crippen LogP contribution in [0, 0.1) is 0 Å². The molecule has 0 saturated carbocycles. The van der Waals surface area contributed by atoms with Crippen LogP contribution in [0.4, 0.5) is 4.79 Å². The van der Waals surface area contributed by atoms with E-state index in [2.05, 4.69) is 9.89 Å². The van der Waals surface area contributed by atoms with Gasteiger partial charge in [0.15, 0.2) is 0 Å². The number of nitrogens with zero attached hydrogens (tertiary/aromatic N) is 2. The molecular formula is C15H20N2O4. The minimum Gasteiger partial charge on any atom is -0.453 e. The average Bonchev–Trinajstić information content (AvgIpc) is 2.51. The number of hydrogen-bond acceptors (Lipinski definition) is 5. The van der Waals surface area contributed by atoms with E-state index in [-0.39, 0.29) is 0 Å². The van der Waals surface area contributed by atoms with Gasteiger partial charge in [0.1, 0.15) is 0 Å². The smallest absolute Gasteiger partial charge is 0.409 e. The molecule has 0 atom stereocenters. The maximum absolute atomic E-state index is 11.8. The fourth-order valence-electron chi connectivity index (χ4n) is 1.46. The first-order valence-electron chi connectivity index (χ1n) is 6.44. The normalized spacial score (nSPS) is 11.8. The Bertz CT molecular complexity index is 538. The molecule has 0 aromatic heterocycles. The quantitative estimate of drug-likeness (QED) is 0.486. The molecule has 0 heterocycles. The van der Waals surface area contributed by atoms with Crippen molar-refractivity contribution in [1.82, 2.24) is 4.90 Å². The molecule has 6 heteroatoms. The van der Waals surface area contributed by atoms with Crippen LogP contribution < -0.4 is 0 Å². The number of carbonyl (C=O) groups is 2. The van der Waals surface area contributed by atoms with Gasteiger partial charge in [-0.1, -0.05) is 23.4 Å². The lowest BCUT2D eigenvalue weighted by Gasteiger charge is -2.33. The van der Waals surface area contributed by atoms with Crippen molar-refractivity contribution in [2.45, 2.75) is 26.3 Å². The minimum atomic E-state index is -0.746. The van der Waals surface area contributed by atoms with Gasteiger partial charge < -0.3 is 14.5 Å². The van der Waals surface area contributed by atoms with Gasteiger partial charge in [-0.15, -0.1) is 0 Å². The van der Waals surface area contributed by atoms with Gasteiger partial charge in [0.25, 0.3) is 0 Å². The van der Waals surface area contributed by atoms with Crippen molar-refractivity contribution >= 4 is 17.8 Å². The summed E-state index contributed by atoms with van der Waals surface area (Å²) in [5, 5.41) is 3.83. The molecule has 114 valence electrons. The van der Waals surface area contributed by atoms with Gasteiger partial charge in [-0.25, -0.2) is 9.59 Å². The highest BCUT2D eigenvalue weighted by Crippen LogP contribution is 2.16. The van der Waals surface area contributed by atoms with Crippen molar-refractivity contribution in [3.63, 3.8) is 0 Å². The number of rotatable bonds is 4. The highest BCUT2D eigenvalue weighted by molar-refractivity contribution is 5.94. The predicted octanol–water partition coefficient (Wildman–Crippen LogP) is 2.70. The van der Waals surface area contributed by atoms with E-state index in [1.54, 1.807) is 58.2 Å². The van der Waals surface area contributed by atoms with Crippen LogP contribution in [-0.2, 0) is 9.57 Å². The summed E-state index contributed by atoms with van der Waals surface area (Å²) in [7, 11) is 2.89. The van der Waals surface area contributed by atoms with E-state index in [0.29, 0.717) is 11.3 Å². The summed E-state index contributed by atoms with van der Waals surface area (Å²) in [5.41, 5.74) is 0.136. The number of benzene rings is 1. The van der Waals surface area contributed by atoms with Crippen LogP contribution in [0.3, 0.4) is 0 Å². The zero-order valence-corrected chi connectivity index (χ0v) is 12.9. The summed E-state index contributed by atoms with van der Waals surface area (Å²) in [5.74, 6) is -0.550. The van der Waals surface area contributed by atoms with Crippen LogP contribution in [0.1, 0.15) is 31.1 Å². The van der Waals surface area contributed by atoms with Gasteiger partial charge >= 0.3 is 12.1 Å². The molecule has 0 aliphatic rings. The molecule has 0 fully saturated rings. The predicted molar refractivity (Wildman–Crippen MR) is 79.2 cm³/mol. The van der Waals surface area contributed by atoms with Gasteiger partial charge in [-0.05, 0) is 32.9 Å². The number of carbonyl (C=O) groups excluding carboxylic acids is 2. The van der Waals surface area contributed by atoms with Gasteiger partial charge in [-0.3, -0.25) is 0 Å². The van der Waals surface area contributed by atoms with Crippen molar-refractivity contribution < 1.29 is 19.2 Å². The van der Waals surface area contributed by atoms with Gasteiger partial charge in [0.2, 0.25) is 0 Å². The molecule has 0 bridgehead atoms. The number of amides is 1. The van der Waals surface area contributed by atoms with E-state index in [4.69, 9.17) is 4.84 Å². The zero-order chi connectivity index (χ0) is 16.0. The maximum Gasteiger partial charge on any atom is 0.409 e. The first kappa shape index (κ1) is 16.7. The monoisotopic (exact) mass is 292 g/mol. The van der Waals surface area contributed by atoms with Gasteiger partial charge in [0.05, 0.1) is 23.9 Å². The molecule has 1 aromatic carbocycles. The number of methoxy groups -OCH3 is 1.